The molecule has 0 aliphatic carbocycles. The molecule has 1 fully saturated rings. The minimum Gasteiger partial charge on any atom is -0.480 e. The van der Waals surface area contributed by atoms with Crippen LogP contribution >= 0.6 is 21.6 Å². The minimum atomic E-state index is -1.43. The second-order valence-electron chi connectivity index (χ2n) is 14.3. The molecule has 1 aliphatic rings. The maximum Gasteiger partial charge on any atom is 0.327 e. The number of rotatable bonds is 17. The van der Waals surface area contributed by atoms with Crippen LogP contribution in [0.25, 0.3) is 0 Å². The van der Waals surface area contributed by atoms with E-state index in [4.69, 9.17) is 28.7 Å². The van der Waals surface area contributed by atoms with Gasteiger partial charge in [-0.3, -0.25) is 38.8 Å². The van der Waals surface area contributed by atoms with Gasteiger partial charge in [-0.2, -0.15) is 0 Å². The predicted molar refractivity (Wildman–Crippen MR) is 238 cm³/mol. The summed E-state index contributed by atoms with van der Waals surface area (Å²) in [7, 11) is 2.02. The van der Waals surface area contributed by atoms with E-state index in [1.807, 2.05) is 0 Å². The molecule has 17 N–H and O–H groups in total. The fraction of sp³-hybridized carbons (Fsp3) is 0.462. The van der Waals surface area contributed by atoms with Gasteiger partial charge in [0, 0.05) is 37.4 Å². The SMILES string of the molecule is C[C@H](NC(=O)[C@@H](N)CCCN=C(N)N)C(=O)N[C@H]1CSSC[C@@H](C(=O)O)NC(=O)[C@H](Cc2ccccc2)NC(=O)[C@H](Cc2ccccc2)NC(=O)[C@H](CCCN=C(N)N)NC1=O. The standard InChI is InChI=1S/C39H57N13O8S2/c1-22(47-32(54)25(40)14-8-16-45-38(41)42)31(53)51-29-20-61-62-21-30(37(59)60)52-35(57)28(19-24-12-6-3-7-13-24)50-34(56)27(18-23-10-4-2-5-11-23)49-33(55)26(48-36(29)58)15-9-17-46-39(43)44/h2-7,10-13,22,25-30H,8-9,14-21,40H2,1H3,(H,47,54)(H,48,58)(H,49,55)(H,50,56)(H,51,53)(H,52,57)(H,59,60)(H4,41,42,45)(H4,43,44,46)/t22-,25-,26-,27-,28-,29-,30-/m0/s1. The summed E-state index contributed by atoms with van der Waals surface area (Å²) in [6, 6.07) is 8.79. The molecule has 0 unspecified atom stereocenters. The molecule has 2 aromatic rings. The molecule has 1 saturated heterocycles. The van der Waals surface area contributed by atoms with Gasteiger partial charge in [0.25, 0.3) is 0 Å². The van der Waals surface area contributed by atoms with Crippen LogP contribution in [0.15, 0.2) is 70.6 Å². The van der Waals surface area contributed by atoms with Gasteiger partial charge in [0.15, 0.2) is 11.9 Å². The summed E-state index contributed by atoms with van der Waals surface area (Å²) >= 11 is 0. The van der Waals surface area contributed by atoms with Crippen LogP contribution < -0.4 is 60.6 Å². The number of hydrogen-bond donors (Lipinski definition) is 12. The second kappa shape index (κ2) is 26.3. The predicted octanol–water partition coefficient (Wildman–Crippen LogP) is -2.69. The van der Waals surface area contributed by atoms with E-state index in [9.17, 15) is 38.7 Å². The molecule has 2 aromatic carbocycles. The fourth-order valence-corrected chi connectivity index (χ4v) is 8.22. The van der Waals surface area contributed by atoms with Gasteiger partial charge >= 0.3 is 5.97 Å². The highest BCUT2D eigenvalue weighted by Gasteiger charge is 2.34. The van der Waals surface area contributed by atoms with Crippen molar-refractivity contribution in [1.29, 1.82) is 0 Å². The van der Waals surface area contributed by atoms with Crippen LogP contribution in [0.4, 0.5) is 0 Å². The van der Waals surface area contributed by atoms with Crippen LogP contribution in [0.5, 0.6) is 0 Å². The van der Waals surface area contributed by atoms with Gasteiger partial charge in [0.2, 0.25) is 35.4 Å². The average molecular weight is 900 g/mol. The van der Waals surface area contributed by atoms with E-state index in [1.54, 1.807) is 60.7 Å². The first kappa shape index (κ1) is 50.3. The van der Waals surface area contributed by atoms with E-state index in [2.05, 4.69) is 41.9 Å². The first-order chi connectivity index (χ1) is 29.5. The number of nitrogens with one attached hydrogen (secondary N) is 6. The number of carbonyl (C=O) groups excluding carboxylic acids is 6. The third-order valence-electron chi connectivity index (χ3n) is 9.27. The molecule has 6 amide bonds. The lowest BCUT2D eigenvalue weighted by Crippen LogP contribution is -2.60. The van der Waals surface area contributed by atoms with Crippen LogP contribution in [0.2, 0.25) is 0 Å². The van der Waals surface area contributed by atoms with Crippen LogP contribution in [-0.4, -0.2) is 125 Å². The first-order valence-corrected chi connectivity index (χ1v) is 22.3. The minimum absolute atomic E-state index is 0.00621. The molecule has 338 valence electrons. The Morgan fingerprint density at radius 3 is 1.73 bits per heavy atom. The Hall–Kier alpha value is -6.07. The summed E-state index contributed by atoms with van der Waals surface area (Å²) in [6.45, 7) is 1.73. The van der Waals surface area contributed by atoms with E-state index < -0.39 is 83.7 Å². The second-order valence-corrected chi connectivity index (χ2v) is 16.9. The van der Waals surface area contributed by atoms with Crippen molar-refractivity contribution in [2.45, 2.75) is 87.7 Å². The summed E-state index contributed by atoms with van der Waals surface area (Å²) in [5.74, 6) is -6.48. The zero-order valence-electron chi connectivity index (χ0n) is 34.3. The van der Waals surface area contributed by atoms with Gasteiger partial charge in [0.1, 0.15) is 36.3 Å². The molecule has 0 bridgehead atoms. The van der Waals surface area contributed by atoms with E-state index in [1.165, 1.54) is 6.92 Å². The number of carboxylic acids is 1. The van der Waals surface area contributed by atoms with E-state index >= 15 is 0 Å². The van der Waals surface area contributed by atoms with Crippen LogP contribution in [0, 0.1) is 0 Å². The number of nitrogens with zero attached hydrogens (tertiary/aromatic N) is 2. The number of aliphatic carboxylic acids is 1. The van der Waals surface area contributed by atoms with E-state index in [0.29, 0.717) is 17.5 Å². The largest absolute Gasteiger partial charge is 0.480 e. The fourth-order valence-electron chi connectivity index (χ4n) is 5.90. The quantitative estimate of drug-likeness (QED) is 0.0333. The molecule has 23 heteroatoms. The molecule has 1 aliphatic heterocycles. The van der Waals surface area contributed by atoms with Crippen molar-refractivity contribution in [3.63, 3.8) is 0 Å². The van der Waals surface area contributed by atoms with Gasteiger partial charge in [-0.05, 0) is 43.7 Å². The zero-order valence-corrected chi connectivity index (χ0v) is 35.9. The topological polar surface area (TPSA) is 367 Å². The normalized spacial score (nSPS) is 21.2. The van der Waals surface area contributed by atoms with Crippen LogP contribution in [-0.2, 0) is 46.4 Å². The Kier molecular flexibility index (Phi) is 21.3. The van der Waals surface area contributed by atoms with Gasteiger partial charge in [-0.25, -0.2) is 4.79 Å². The van der Waals surface area contributed by atoms with Crippen molar-refractivity contribution in [3.8, 4) is 0 Å². The Labute approximate surface area is 367 Å². The lowest BCUT2D eigenvalue weighted by atomic mass is 10.0. The first-order valence-electron chi connectivity index (χ1n) is 19.8. The van der Waals surface area contributed by atoms with E-state index in [0.717, 1.165) is 21.6 Å². The smallest absolute Gasteiger partial charge is 0.327 e. The monoisotopic (exact) mass is 899 g/mol. The summed E-state index contributed by atoms with van der Waals surface area (Å²) in [4.78, 5) is 103. The highest BCUT2D eigenvalue weighted by molar-refractivity contribution is 8.76. The highest BCUT2D eigenvalue weighted by atomic mass is 33.1. The summed E-state index contributed by atoms with van der Waals surface area (Å²) in [5, 5.41) is 25.9. The Morgan fingerprint density at radius 1 is 0.710 bits per heavy atom. The van der Waals surface area contributed by atoms with Crippen molar-refractivity contribution in [2.24, 2.45) is 38.7 Å². The lowest BCUT2D eigenvalue weighted by Gasteiger charge is -2.27. The highest BCUT2D eigenvalue weighted by Crippen LogP contribution is 2.24. The molecule has 3 rings (SSSR count). The third kappa shape index (κ3) is 18.3. The summed E-state index contributed by atoms with van der Waals surface area (Å²) < 4.78 is 0. The molecular weight excluding hydrogens is 843 g/mol. The number of nitrogens with two attached hydrogens (primary N) is 5. The molecule has 0 saturated carbocycles. The van der Waals surface area contributed by atoms with Gasteiger partial charge in [-0.1, -0.05) is 82.3 Å². The van der Waals surface area contributed by atoms with Gasteiger partial charge in [0.05, 0.1) is 6.04 Å². The molecular formula is C39H57N13O8S2. The molecule has 0 radical (unpaired) electrons. The number of guanidine groups is 2. The number of carbonyl (C=O) groups is 7. The van der Waals surface area contributed by atoms with Crippen LogP contribution in [0.1, 0.15) is 43.7 Å². The maximum absolute atomic E-state index is 14.2. The lowest BCUT2D eigenvalue weighted by molar-refractivity contribution is -0.141. The number of hydrogen-bond acceptors (Lipinski definition) is 12. The molecule has 0 aromatic heterocycles. The zero-order chi connectivity index (χ0) is 45.6. The van der Waals surface area contributed by atoms with Gasteiger partial charge in [-0.15, -0.1) is 0 Å². The Morgan fingerprint density at radius 2 is 1.19 bits per heavy atom. The van der Waals surface area contributed by atoms with Crippen molar-refractivity contribution in [2.75, 3.05) is 24.6 Å². The molecule has 62 heavy (non-hydrogen) atoms. The Bertz CT molecular complexity index is 1890. The Balaban J connectivity index is 1.96. The van der Waals surface area contributed by atoms with Crippen LogP contribution in [0.3, 0.4) is 0 Å². The number of aliphatic imine (C=N–C) groups is 2. The number of benzene rings is 2. The number of amides is 6. The molecule has 7 atom stereocenters. The summed E-state index contributed by atoms with van der Waals surface area (Å²) in [6.07, 6.45) is 0.765. The van der Waals surface area contributed by atoms with Crippen molar-refractivity contribution in [1.82, 2.24) is 31.9 Å². The van der Waals surface area contributed by atoms with E-state index in [-0.39, 0.29) is 68.6 Å². The average Bonchev–Trinajstić information content (AvgIpc) is 3.23. The summed E-state index contributed by atoms with van der Waals surface area (Å²) in [5.41, 5.74) is 29.0. The van der Waals surface area contributed by atoms with Crippen molar-refractivity contribution < 1.29 is 38.7 Å². The molecule has 21 nitrogen and oxygen atoms in total. The van der Waals surface area contributed by atoms with Crippen molar-refractivity contribution >= 4 is 74.9 Å². The third-order valence-corrected chi connectivity index (χ3v) is 11.7. The number of carboxylic acid groups (broad SMARTS) is 1. The maximum atomic E-state index is 14.2. The van der Waals surface area contributed by atoms with Gasteiger partial charge < -0.3 is 65.7 Å². The molecule has 1 heterocycles. The molecule has 0 spiro atoms. The van der Waals surface area contributed by atoms with Crippen molar-refractivity contribution in [3.05, 3.63) is 71.8 Å².